The molecule has 0 saturated heterocycles. The van der Waals surface area contributed by atoms with Crippen molar-refractivity contribution in [1.82, 2.24) is 15.0 Å². The van der Waals surface area contributed by atoms with Crippen LogP contribution in [0.3, 0.4) is 0 Å². The van der Waals surface area contributed by atoms with Crippen molar-refractivity contribution in [2.45, 2.75) is 13.3 Å². The minimum atomic E-state index is 0.939. The van der Waals surface area contributed by atoms with Gasteiger partial charge in [0, 0.05) is 12.6 Å². The molecule has 2 aromatic heterocycles. The fourth-order valence-corrected chi connectivity index (χ4v) is 1.08. The van der Waals surface area contributed by atoms with Gasteiger partial charge >= 0.3 is 0 Å². The van der Waals surface area contributed by atoms with Crippen LogP contribution in [0.1, 0.15) is 12.7 Å². The maximum Gasteiger partial charge on any atom is 0.106 e. The van der Waals surface area contributed by atoms with Crippen molar-refractivity contribution in [3.05, 3.63) is 24.3 Å². The second kappa shape index (κ2) is 2.34. The first-order valence-electron chi connectivity index (χ1n) is 3.68. The number of pyridine rings is 1. The zero-order valence-electron chi connectivity index (χ0n) is 6.33. The molecule has 11 heavy (non-hydrogen) atoms. The Morgan fingerprint density at radius 1 is 1.55 bits per heavy atom. The van der Waals surface area contributed by atoms with Crippen molar-refractivity contribution in [3.63, 3.8) is 0 Å². The monoisotopic (exact) mass is 147 g/mol. The summed E-state index contributed by atoms with van der Waals surface area (Å²) in [5, 5.41) is 0. The van der Waals surface area contributed by atoms with Crippen molar-refractivity contribution >= 4 is 11.0 Å². The number of nitrogens with zero attached hydrogens (tertiary/aromatic N) is 2. The highest BCUT2D eigenvalue weighted by atomic mass is 14.9. The first kappa shape index (κ1) is 6.34. The number of hydrogen-bond acceptors (Lipinski definition) is 2. The Balaban J connectivity index is 2.69. The third-order valence-corrected chi connectivity index (χ3v) is 1.67. The Morgan fingerprint density at radius 2 is 2.45 bits per heavy atom. The van der Waals surface area contributed by atoms with E-state index in [1.165, 1.54) is 0 Å². The minimum absolute atomic E-state index is 0.939. The summed E-state index contributed by atoms with van der Waals surface area (Å²) in [6.07, 6.45) is 4.48. The number of imidazole rings is 1. The molecule has 0 aromatic carbocycles. The molecule has 2 aromatic rings. The lowest BCUT2D eigenvalue weighted by molar-refractivity contribution is 1.00. The van der Waals surface area contributed by atoms with Crippen molar-refractivity contribution in [3.8, 4) is 0 Å². The normalized spacial score (nSPS) is 10.6. The van der Waals surface area contributed by atoms with Gasteiger partial charge in [-0.05, 0) is 6.07 Å². The van der Waals surface area contributed by atoms with Crippen LogP contribution in [0, 0.1) is 0 Å². The third-order valence-electron chi connectivity index (χ3n) is 1.67. The zero-order valence-corrected chi connectivity index (χ0v) is 6.33. The predicted molar refractivity (Wildman–Crippen MR) is 43.3 cm³/mol. The summed E-state index contributed by atoms with van der Waals surface area (Å²) in [5.74, 6) is 1.02. The molecule has 0 aliphatic heterocycles. The van der Waals surface area contributed by atoms with E-state index < -0.39 is 0 Å². The second-order valence-electron chi connectivity index (χ2n) is 2.43. The van der Waals surface area contributed by atoms with E-state index in [1.54, 1.807) is 12.4 Å². The number of rotatable bonds is 1. The Kier molecular flexibility index (Phi) is 1.35. The van der Waals surface area contributed by atoms with Gasteiger partial charge in [0.05, 0.1) is 17.2 Å². The molecule has 56 valence electrons. The average Bonchev–Trinajstić information content (AvgIpc) is 2.46. The summed E-state index contributed by atoms with van der Waals surface area (Å²) in [6.45, 7) is 2.07. The number of aromatic amines is 1. The average molecular weight is 147 g/mol. The van der Waals surface area contributed by atoms with Crippen LogP contribution >= 0.6 is 0 Å². The molecule has 0 saturated carbocycles. The standard InChI is InChI=1S/C8H9N3/c1-2-8-10-6-3-4-9-5-7(6)11-8/h3-5H,2H2,1H3,(H,10,11). The molecule has 0 bridgehead atoms. The Labute approximate surface area is 64.5 Å². The lowest BCUT2D eigenvalue weighted by atomic mass is 10.4. The van der Waals surface area contributed by atoms with Crippen molar-refractivity contribution in [2.24, 2.45) is 0 Å². The van der Waals surface area contributed by atoms with E-state index in [0.29, 0.717) is 0 Å². The molecule has 0 aliphatic rings. The van der Waals surface area contributed by atoms with Crippen molar-refractivity contribution < 1.29 is 0 Å². The van der Waals surface area contributed by atoms with Gasteiger partial charge in [0.1, 0.15) is 5.82 Å². The molecule has 2 heterocycles. The van der Waals surface area contributed by atoms with E-state index in [9.17, 15) is 0 Å². The van der Waals surface area contributed by atoms with Gasteiger partial charge in [-0.25, -0.2) is 4.98 Å². The molecule has 0 unspecified atom stereocenters. The molecule has 2 rings (SSSR count). The van der Waals surface area contributed by atoms with E-state index in [0.717, 1.165) is 23.3 Å². The van der Waals surface area contributed by atoms with Crippen LogP contribution in [0.15, 0.2) is 18.5 Å². The van der Waals surface area contributed by atoms with E-state index in [2.05, 4.69) is 21.9 Å². The Bertz CT molecular complexity index is 331. The molecule has 0 aliphatic carbocycles. The number of fused-ring (bicyclic) bond motifs is 1. The number of nitrogens with one attached hydrogen (secondary N) is 1. The summed E-state index contributed by atoms with van der Waals surface area (Å²) in [4.78, 5) is 11.5. The first-order valence-corrected chi connectivity index (χ1v) is 3.68. The van der Waals surface area contributed by atoms with Crippen LogP contribution in [-0.2, 0) is 6.42 Å². The highest BCUT2D eigenvalue weighted by Gasteiger charge is 1.97. The zero-order chi connectivity index (χ0) is 7.68. The smallest absolute Gasteiger partial charge is 0.106 e. The van der Waals surface area contributed by atoms with Gasteiger partial charge < -0.3 is 4.98 Å². The number of aromatic nitrogens is 3. The van der Waals surface area contributed by atoms with Crippen LogP contribution in [0.25, 0.3) is 11.0 Å². The van der Waals surface area contributed by atoms with Crippen LogP contribution < -0.4 is 0 Å². The minimum Gasteiger partial charge on any atom is -0.341 e. The quantitative estimate of drug-likeness (QED) is 0.664. The lowest BCUT2D eigenvalue weighted by Gasteiger charge is -1.81. The maximum absolute atomic E-state index is 4.34. The van der Waals surface area contributed by atoms with Gasteiger partial charge in [0.2, 0.25) is 0 Å². The summed E-state index contributed by atoms with van der Waals surface area (Å²) >= 11 is 0. The Hall–Kier alpha value is -1.38. The molecule has 0 radical (unpaired) electrons. The molecule has 1 N–H and O–H groups in total. The van der Waals surface area contributed by atoms with E-state index in [-0.39, 0.29) is 0 Å². The van der Waals surface area contributed by atoms with Crippen LogP contribution in [0.4, 0.5) is 0 Å². The summed E-state index contributed by atoms with van der Waals surface area (Å²) in [5.41, 5.74) is 2.02. The molecular formula is C8H9N3. The number of hydrogen-bond donors (Lipinski definition) is 1. The molecule has 3 nitrogen and oxygen atoms in total. The number of aryl methyl sites for hydroxylation is 1. The highest BCUT2D eigenvalue weighted by molar-refractivity contribution is 5.73. The molecule has 3 heteroatoms. The summed E-state index contributed by atoms with van der Waals surface area (Å²) < 4.78 is 0. The molecule has 0 atom stereocenters. The summed E-state index contributed by atoms with van der Waals surface area (Å²) in [7, 11) is 0. The largest absolute Gasteiger partial charge is 0.341 e. The van der Waals surface area contributed by atoms with Crippen LogP contribution in [0.2, 0.25) is 0 Å². The van der Waals surface area contributed by atoms with Crippen molar-refractivity contribution in [1.29, 1.82) is 0 Å². The van der Waals surface area contributed by atoms with Crippen LogP contribution in [-0.4, -0.2) is 15.0 Å². The van der Waals surface area contributed by atoms with Gasteiger partial charge in [-0.3, -0.25) is 4.98 Å². The molecular weight excluding hydrogens is 138 g/mol. The van der Waals surface area contributed by atoms with E-state index >= 15 is 0 Å². The second-order valence-corrected chi connectivity index (χ2v) is 2.43. The first-order chi connectivity index (χ1) is 5.40. The Morgan fingerprint density at radius 3 is 3.18 bits per heavy atom. The van der Waals surface area contributed by atoms with Gasteiger partial charge in [0.15, 0.2) is 0 Å². The van der Waals surface area contributed by atoms with Crippen molar-refractivity contribution in [2.75, 3.05) is 0 Å². The van der Waals surface area contributed by atoms with Gasteiger partial charge in [-0.1, -0.05) is 6.92 Å². The highest BCUT2D eigenvalue weighted by Crippen LogP contribution is 2.08. The van der Waals surface area contributed by atoms with Gasteiger partial charge in [0.25, 0.3) is 0 Å². The molecule has 0 fully saturated rings. The van der Waals surface area contributed by atoms with Gasteiger partial charge in [-0.2, -0.15) is 0 Å². The van der Waals surface area contributed by atoms with Gasteiger partial charge in [-0.15, -0.1) is 0 Å². The fraction of sp³-hybridized carbons (Fsp3) is 0.250. The van der Waals surface area contributed by atoms with E-state index in [1.807, 2.05) is 6.07 Å². The maximum atomic E-state index is 4.34. The predicted octanol–water partition coefficient (Wildman–Crippen LogP) is 1.52. The fourth-order valence-electron chi connectivity index (χ4n) is 1.08. The molecule has 0 amide bonds. The SMILES string of the molecule is CCc1nc2ccncc2[nH]1. The topological polar surface area (TPSA) is 41.6 Å². The summed E-state index contributed by atoms with van der Waals surface area (Å²) in [6, 6.07) is 1.91. The third kappa shape index (κ3) is 0.981. The number of H-pyrrole nitrogens is 1. The lowest BCUT2D eigenvalue weighted by Crippen LogP contribution is -1.79. The van der Waals surface area contributed by atoms with Crippen LogP contribution in [0.5, 0.6) is 0 Å². The van der Waals surface area contributed by atoms with E-state index in [4.69, 9.17) is 0 Å². The molecule has 0 spiro atoms.